The maximum Gasteiger partial charge on any atom is 0.255 e. The van der Waals surface area contributed by atoms with Crippen LogP contribution in [0.3, 0.4) is 0 Å². The van der Waals surface area contributed by atoms with Crippen molar-refractivity contribution < 1.29 is 9.59 Å². The Morgan fingerprint density at radius 1 is 0.630 bits per heavy atom. The van der Waals surface area contributed by atoms with E-state index in [1.165, 1.54) is 0 Å². The van der Waals surface area contributed by atoms with E-state index in [2.05, 4.69) is 10.6 Å². The van der Waals surface area contributed by atoms with Crippen molar-refractivity contribution in [3.63, 3.8) is 0 Å². The van der Waals surface area contributed by atoms with Crippen molar-refractivity contribution in [1.29, 1.82) is 0 Å². The van der Waals surface area contributed by atoms with E-state index < -0.39 is 0 Å². The minimum Gasteiger partial charge on any atom is -0.322 e. The average Bonchev–Trinajstić information content (AvgIpc) is 2.67. The van der Waals surface area contributed by atoms with Crippen LogP contribution in [0.1, 0.15) is 37.4 Å². The van der Waals surface area contributed by atoms with Gasteiger partial charge in [-0.15, -0.1) is 0 Å². The van der Waals surface area contributed by atoms with Crippen molar-refractivity contribution in [2.24, 2.45) is 0 Å². The normalized spacial score (nSPS) is 10.3. The van der Waals surface area contributed by atoms with Crippen molar-refractivity contribution in [1.82, 2.24) is 0 Å². The van der Waals surface area contributed by atoms with E-state index in [-0.39, 0.29) is 11.8 Å². The molecule has 3 aromatic rings. The number of carbonyl (C=O) groups excluding carboxylic acids is 2. The molecule has 0 aliphatic rings. The highest BCUT2D eigenvalue weighted by Crippen LogP contribution is 2.22. The Hall–Kier alpha value is -3.40. The monoisotopic (exact) mass is 358 g/mol. The molecule has 0 radical (unpaired) electrons. The quantitative estimate of drug-likeness (QED) is 0.680. The van der Waals surface area contributed by atoms with Crippen LogP contribution in [0.25, 0.3) is 0 Å². The van der Waals surface area contributed by atoms with Gasteiger partial charge < -0.3 is 10.6 Å². The second kappa shape index (κ2) is 7.87. The Bertz CT molecular complexity index is 974. The number of anilines is 2. The van der Waals surface area contributed by atoms with E-state index >= 15 is 0 Å². The standard InChI is InChI=1S/C23H22N2O2/c1-15-12-13-19(23(27)25-21-16(2)8-7-9-17(21)3)14-20(15)24-22(26)18-10-5-4-6-11-18/h4-14H,1-3H3,(H,24,26)(H,25,27). The predicted octanol–water partition coefficient (Wildman–Crippen LogP) is 5.12. The van der Waals surface area contributed by atoms with E-state index in [4.69, 9.17) is 0 Å². The number of aryl methyl sites for hydroxylation is 3. The third kappa shape index (κ3) is 4.23. The lowest BCUT2D eigenvalue weighted by atomic mass is 10.1. The maximum absolute atomic E-state index is 12.7. The number of amides is 2. The SMILES string of the molecule is Cc1ccc(C(=O)Nc2c(C)cccc2C)cc1NC(=O)c1ccccc1. The molecule has 4 heteroatoms. The summed E-state index contributed by atoms with van der Waals surface area (Å²) in [7, 11) is 0. The van der Waals surface area contributed by atoms with Gasteiger partial charge in [0.2, 0.25) is 0 Å². The van der Waals surface area contributed by atoms with Crippen molar-refractivity contribution >= 4 is 23.2 Å². The number of para-hydroxylation sites is 1. The first-order valence-electron chi connectivity index (χ1n) is 8.80. The van der Waals surface area contributed by atoms with Gasteiger partial charge in [0.25, 0.3) is 11.8 Å². The molecule has 27 heavy (non-hydrogen) atoms. The summed E-state index contributed by atoms with van der Waals surface area (Å²) in [5.41, 5.74) is 5.41. The molecule has 0 saturated carbocycles. The van der Waals surface area contributed by atoms with Gasteiger partial charge in [0.1, 0.15) is 0 Å². The van der Waals surface area contributed by atoms with Gasteiger partial charge in [-0.3, -0.25) is 9.59 Å². The Labute approximate surface area is 159 Å². The first-order valence-corrected chi connectivity index (χ1v) is 8.80. The molecule has 3 rings (SSSR count). The zero-order valence-corrected chi connectivity index (χ0v) is 15.7. The Morgan fingerprint density at radius 2 is 1.26 bits per heavy atom. The lowest BCUT2D eigenvalue weighted by molar-refractivity contribution is 0.101. The Morgan fingerprint density at radius 3 is 1.93 bits per heavy atom. The average molecular weight is 358 g/mol. The fourth-order valence-corrected chi connectivity index (χ4v) is 2.88. The third-order valence-electron chi connectivity index (χ3n) is 4.50. The van der Waals surface area contributed by atoms with E-state index in [1.54, 1.807) is 24.3 Å². The molecule has 4 nitrogen and oxygen atoms in total. The van der Waals surface area contributed by atoms with Crippen LogP contribution in [0, 0.1) is 20.8 Å². The van der Waals surface area contributed by atoms with Crippen molar-refractivity contribution in [3.8, 4) is 0 Å². The number of hydrogen-bond acceptors (Lipinski definition) is 2. The van der Waals surface area contributed by atoms with Crippen molar-refractivity contribution in [2.75, 3.05) is 10.6 Å². The largest absolute Gasteiger partial charge is 0.322 e. The molecular weight excluding hydrogens is 336 g/mol. The highest BCUT2D eigenvalue weighted by Gasteiger charge is 2.13. The second-order valence-corrected chi connectivity index (χ2v) is 6.57. The lowest BCUT2D eigenvalue weighted by Crippen LogP contribution is -2.16. The molecule has 0 aliphatic carbocycles. The number of benzene rings is 3. The van der Waals surface area contributed by atoms with Crippen molar-refractivity contribution in [3.05, 3.63) is 94.5 Å². The van der Waals surface area contributed by atoms with Gasteiger partial charge in [0.15, 0.2) is 0 Å². The summed E-state index contributed by atoms with van der Waals surface area (Å²) in [6.07, 6.45) is 0. The molecule has 0 spiro atoms. The molecular formula is C23H22N2O2. The van der Waals surface area contributed by atoms with Gasteiger partial charge >= 0.3 is 0 Å². The van der Waals surface area contributed by atoms with Crippen LogP contribution in [-0.4, -0.2) is 11.8 Å². The van der Waals surface area contributed by atoms with Gasteiger partial charge in [-0.2, -0.15) is 0 Å². The molecule has 0 saturated heterocycles. The molecule has 0 heterocycles. The number of rotatable bonds is 4. The summed E-state index contributed by atoms with van der Waals surface area (Å²) in [4.78, 5) is 25.1. The van der Waals surface area contributed by atoms with Crippen LogP contribution in [0.2, 0.25) is 0 Å². The second-order valence-electron chi connectivity index (χ2n) is 6.57. The number of nitrogens with one attached hydrogen (secondary N) is 2. The molecule has 0 fully saturated rings. The zero-order valence-electron chi connectivity index (χ0n) is 15.7. The summed E-state index contributed by atoms with van der Waals surface area (Å²) < 4.78 is 0. The molecule has 0 bridgehead atoms. The highest BCUT2D eigenvalue weighted by atomic mass is 16.2. The lowest BCUT2D eigenvalue weighted by Gasteiger charge is -2.13. The Kier molecular flexibility index (Phi) is 5.36. The summed E-state index contributed by atoms with van der Waals surface area (Å²) >= 11 is 0. The molecule has 0 atom stereocenters. The molecule has 2 amide bonds. The van der Waals surface area contributed by atoms with Crippen LogP contribution in [-0.2, 0) is 0 Å². The maximum atomic E-state index is 12.7. The van der Waals surface area contributed by atoms with Crippen LogP contribution in [0.4, 0.5) is 11.4 Å². The van der Waals surface area contributed by atoms with Crippen LogP contribution >= 0.6 is 0 Å². The van der Waals surface area contributed by atoms with E-state index in [9.17, 15) is 9.59 Å². The first kappa shape index (κ1) is 18.4. The fraction of sp³-hybridized carbons (Fsp3) is 0.130. The summed E-state index contributed by atoms with van der Waals surface area (Å²) in [5, 5.41) is 5.86. The van der Waals surface area contributed by atoms with E-state index in [1.807, 2.05) is 63.2 Å². The molecule has 0 aliphatic heterocycles. The molecule has 3 aromatic carbocycles. The molecule has 2 N–H and O–H groups in total. The zero-order chi connectivity index (χ0) is 19.4. The molecule has 136 valence electrons. The van der Waals surface area contributed by atoms with E-state index in [0.717, 1.165) is 22.4 Å². The Balaban J connectivity index is 1.82. The third-order valence-corrected chi connectivity index (χ3v) is 4.50. The summed E-state index contributed by atoms with van der Waals surface area (Å²) in [6, 6.07) is 20.2. The van der Waals surface area contributed by atoms with Crippen LogP contribution in [0.15, 0.2) is 66.7 Å². The van der Waals surface area contributed by atoms with Gasteiger partial charge in [-0.25, -0.2) is 0 Å². The van der Waals surface area contributed by atoms with Gasteiger partial charge in [0.05, 0.1) is 0 Å². The van der Waals surface area contributed by atoms with E-state index in [0.29, 0.717) is 16.8 Å². The molecule has 0 aromatic heterocycles. The van der Waals surface area contributed by atoms with Gasteiger partial charge in [-0.05, 0) is 61.7 Å². The fourth-order valence-electron chi connectivity index (χ4n) is 2.88. The van der Waals surface area contributed by atoms with Crippen LogP contribution in [0.5, 0.6) is 0 Å². The van der Waals surface area contributed by atoms with Gasteiger partial charge in [0, 0.05) is 22.5 Å². The smallest absolute Gasteiger partial charge is 0.255 e. The topological polar surface area (TPSA) is 58.2 Å². The molecule has 0 unspecified atom stereocenters. The van der Waals surface area contributed by atoms with Crippen molar-refractivity contribution in [2.45, 2.75) is 20.8 Å². The van der Waals surface area contributed by atoms with Gasteiger partial charge in [-0.1, -0.05) is 42.5 Å². The minimum atomic E-state index is -0.206. The predicted molar refractivity (Wildman–Crippen MR) is 109 cm³/mol. The summed E-state index contributed by atoms with van der Waals surface area (Å²) in [5.74, 6) is -0.409. The minimum absolute atomic E-state index is 0.203. The highest BCUT2D eigenvalue weighted by molar-refractivity contribution is 6.08. The summed E-state index contributed by atoms with van der Waals surface area (Å²) in [6.45, 7) is 5.82. The first-order chi connectivity index (χ1) is 13.0. The van der Waals surface area contributed by atoms with Crippen LogP contribution < -0.4 is 10.6 Å². The number of carbonyl (C=O) groups is 2. The number of hydrogen-bond donors (Lipinski definition) is 2.